The number of anilines is 1. The Morgan fingerprint density at radius 3 is 2.93 bits per heavy atom. The number of hydrogen-bond acceptors (Lipinski definition) is 3. The molecule has 1 aromatic heterocycles. The predicted octanol–water partition coefficient (Wildman–Crippen LogP) is 1.88. The Morgan fingerprint density at radius 2 is 2.36 bits per heavy atom. The second-order valence-electron chi connectivity index (χ2n) is 3.00. The first-order valence-electron chi connectivity index (χ1n) is 4.16. The molecule has 0 spiro atoms. The minimum absolute atomic E-state index is 0.0390. The van der Waals surface area contributed by atoms with Crippen molar-refractivity contribution in [2.45, 2.75) is 13.3 Å². The standard InChI is InChI=1S/C9H8BrN3O/c1-6-4-7(10)5-11-9(6)13-8(14)2-3-12-13/h3-5H,2H2,1H3. The summed E-state index contributed by atoms with van der Waals surface area (Å²) < 4.78 is 0.898. The van der Waals surface area contributed by atoms with E-state index in [1.54, 1.807) is 12.4 Å². The molecule has 0 atom stereocenters. The maximum absolute atomic E-state index is 11.4. The number of halogens is 1. The van der Waals surface area contributed by atoms with Gasteiger partial charge < -0.3 is 0 Å². The molecule has 72 valence electrons. The summed E-state index contributed by atoms with van der Waals surface area (Å²) in [6, 6.07) is 1.91. The van der Waals surface area contributed by atoms with Gasteiger partial charge in [0.25, 0.3) is 5.91 Å². The fourth-order valence-electron chi connectivity index (χ4n) is 1.28. The van der Waals surface area contributed by atoms with E-state index in [1.165, 1.54) is 5.01 Å². The molecule has 0 N–H and O–H groups in total. The Bertz CT molecular complexity index is 417. The van der Waals surface area contributed by atoms with Crippen LogP contribution in [0.2, 0.25) is 0 Å². The fourth-order valence-corrected chi connectivity index (χ4v) is 1.72. The number of hydrogen-bond donors (Lipinski definition) is 0. The number of aromatic nitrogens is 1. The first-order valence-corrected chi connectivity index (χ1v) is 4.95. The van der Waals surface area contributed by atoms with E-state index < -0.39 is 0 Å². The first kappa shape index (κ1) is 9.33. The van der Waals surface area contributed by atoms with Gasteiger partial charge >= 0.3 is 0 Å². The highest BCUT2D eigenvalue weighted by Gasteiger charge is 2.21. The molecule has 2 heterocycles. The van der Waals surface area contributed by atoms with Crippen LogP contribution in [0.4, 0.5) is 5.82 Å². The average molecular weight is 254 g/mol. The number of nitrogens with zero attached hydrogens (tertiary/aromatic N) is 3. The summed E-state index contributed by atoms with van der Waals surface area (Å²) in [5.74, 6) is 0.565. The van der Waals surface area contributed by atoms with E-state index in [4.69, 9.17) is 0 Å². The normalized spacial score (nSPS) is 15.3. The highest BCUT2D eigenvalue weighted by atomic mass is 79.9. The molecule has 0 bridgehead atoms. The van der Waals surface area contributed by atoms with Crippen molar-refractivity contribution in [3.8, 4) is 0 Å². The summed E-state index contributed by atoms with van der Waals surface area (Å²) in [7, 11) is 0. The lowest BCUT2D eigenvalue weighted by Crippen LogP contribution is -2.21. The topological polar surface area (TPSA) is 45.6 Å². The molecule has 1 aliphatic heterocycles. The number of hydrazone groups is 1. The lowest BCUT2D eigenvalue weighted by atomic mass is 10.3. The molecule has 4 nitrogen and oxygen atoms in total. The van der Waals surface area contributed by atoms with Crippen molar-refractivity contribution in [3.05, 3.63) is 22.3 Å². The molecule has 1 amide bonds. The number of carbonyl (C=O) groups excluding carboxylic acids is 1. The van der Waals surface area contributed by atoms with E-state index in [2.05, 4.69) is 26.0 Å². The minimum atomic E-state index is -0.0390. The summed E-state index contributed by atoms with van der Waals surface area (Å²) in [4.78, 5) is 15.5. The third-order valence-corrected chi connectivity index (χ3v) is 2.35. The molecule has 1 aromatic rings. The van der Waals surface area contributed by atoms with Crippen molar-refractivity contribution in [3.63, 3.8) is 0 Å². The molecule has 0 radical (unpaired) electrons. The molecular weight excluding hydrogens is 246 g/mol. The molecule has 1 aliphatic rings. The van der Waals surface area contributed by atoms with Gasteiger partial charge in [-0.2, -0.15) is 10.1 Å². The van der Waals surface area contributed by atoms with Crippen LogP contribution >= 0.6 is 15.9 Å². The van der Waals surface area contributed by atoms with Crippen LogP contribution in [-0.4, -0.2) is 17.1 Å². The molecule has 0 saturated carbocycles. The zero-order valence-electron chi connectivity index (χ0n) is 7.57. The maximum Gasteiger partial charge on any atom is 0.254 e. The lowest BCUT2D eigenvalue weighted by molar-refractivity contribution is -0.116. The summed E-state index contributed by atoms with van der Waals surface area (Å²) in [5.41, 5.74) is 0.923. The second kappa shape index (κ2) is 3.49. The van der Waals surface area contributed by atoms with E-state index in [-0.39, 0.29) is 5.91 Å². The molecule has 0 aliphatic carbocycles. The maximum atomic E-state index is 11.4. The van der Waals surface area contributed by atoms with Crippen molar-refractivity contribution < 1.29 is 4.79 Å². The zero-order chi connectivity index (χ0) is 10.1. The van der Waals surface area contributed by atoms with Crippen LogP contribution in [0.15, 0.2) is 21.8 Å². The summed E-state index contributed by atoms with van der Waals surface area (Å²) in [5, 5.41) is 5.29. The first-order chi connectivity index (χ1) is 6.68. The molecule has 0 fully saturated rings. The molecule has 0 saturated heterocycles. The van der Waals surface area contributed by atoms with E-state index in [0.29, 0.717) is 12.2 Å². The van der Waals surface area contributed by atoms with Crippen molar-refractivity contribution >= 4 is 33.9 Å². The van der Waals surface area contributed by atoms with Crippen molar-refractivity contribution in [1.82, 2.24) is 4.98 Å². The van der Waals surface area contributed by atoms with Crippen LogP contribution < -0.4 is 5.01 Å². The third-order valence-electron chi connectivity index (χ3n) is 1.92. The van der Waals surface area contributed by atoms with Crippen molar-refractivity contribution in [2.75, 3.05) is 5.01 Å². The second-order valence-corrected chi connectivity index (χ2v) is 3.92. The van der Waals surface area contributed by atoms with Gasteiger partial charge in [0.1, 0.15) is 0 Å². The quantitative estimate of drug-likeness (QED) is 0.768. The van der Waals surface area contributed by atoms with Crippen molar-refractivity contribution in [1.29, 1.82) is 0 Å². The van der Waals surface area contributed by atoms with E-state index in [0.717, 1.165) is 10.0 Å². The van der Waals surface area contributed by atoms with Gasteiger partial charge in [-0.3, -0.25) is 4.79 Å². The Labute approximate surface area is 89.8 Å². The van der Waals surface area contributed by atoms with Crippen LogP contribution in [0.1, 0.15) is 12.0 Å². The lowest BCUT2D eigenvalue weighted by Gasteiger charge is -2.12. The SMILES string of the molecule is Cc1cc(Br)cnc1N1N=CCC1=O. The number of pyridine rings is 1. The zero-order valence-corrected chi connectivity index (χ0v) is 9.15. The third kappa shape index (κ3) is 1.55. The van der Waals surface area contributed by atoms with Gasteiger partial charge in [0.15, 0.2) is 5.82 Å². The molecule has 0 unspecified atom stereocenters. The van der Waals surface area contributed by atoms with Crippen LogP contribution in [0.3, 0.4) is 0 Å². The predicted molar refractivity (Wildman–Crippen MR) is 57.3 cm³/mol. The number of carbonyl (C=O) groups is 1. The summed E-state index contributed by atoms with van der Waals surface area (Å²) in [6.07, 6.45) is 3.60. The van der Waals surface area contributed by atoms with Gasteiger partial charge in [0, 0.05) is 16.9 Å². The number of rotatable bonds is 1. The molecule has 14 heavy (non-hydrogen) atoms. The molecule has 0 aromatic carbocycles. The smallest absolute Gasteiger partial charge is 0.254 e. The van der Waals surface area contributed by atoms with E-state index in [1.807, 2.05) is 13.0 Å². The number of aryl methyl sites for hydroxylation is 1. The van der Waals surface area contributed by atoms with Gasteiger partial charge in [-0.05, 0) is 34.5 Å². The van der Waals surface area contributed by atoms with E-state index >= 15 is 0 Å². The van der Waals surface area contributed by atoms with E-state index in [9.17, 15) is 4.79 Å². The highest BCUT2D eigenvalue weighted by molar-refractivity contribution is 9.10. The average Bonchev–Trinajstić information content (AvgIpc) is 2.52. The molecular formula is C9H8BrN3O. The summed E-state index contributed by atoms with van der Waals surface area (Å²) in [6.45, 7) is 1.90. The van der Waals surface area contributed by atoms with Gasteiger partial charge in [-0.1, -0.05) is 0 Å². The molecule has 2 rings (SSSR count). The monoisotopic (exact) mass is 253 g/mol. The Balaban J connectivity index is 2.41. The Morgan fingerprint density at radius 1 is 1.57 bits per heavy atom. The Kier molecular flexibility index (Phi) is 2.33. The van der Waals surface area contributed by atoms with Crippen molar-refractivity contribution in [2.24, 2.45) is 5.10 Å². The van der Waals surface area contributed by atoms with Crippen LogP contribution in [0.25, 0.3) is 0 Å². The minimum Gasteiger partial charge on any atom is -0.272 e. The summed E-state index contributed by atoms with van der Waals surface area (Å²) >= 11 is 3.32. The highest BCUT2D eigenvalue weighted by Crippen LogP contribution is 2.22. The van der Waals surface area contributed by atoms with Gasteiger partial charge in [-0.25, -0.2) is 4.98 Å². The van der Waals surface area contributed by atoms with Crippen LogP contribution in [0, 0.1) is 6.92 Å². The number of amides is 1. The van der Waals surface area contributed by atoms with Gasteiger partial charge in [0.2, 0.25) is 0 Å². The fraction of sp³-hybridized carbons (Fsp3) is 0.222. The largest absolute Gasteiger partial charge is 0.272 e. The van der Waals surface area contributed by atoms with Crippen LogP contribution in [0.5, 0.6) is 0 Å². The molecule has 5 heteroatoms. The Hall–Kier alpha value is -1.23. The van der Waals surface area contributed by atoms with Gasteiger partial charge in [-0.15, -0.1) is 0 Å². The van der Waals surface area contributed by atoms with Crippen LogP contribution in [-0.2, 0) is 4.79 Å². The van der Waals surface area contributed by atoms with Gasteiger partial charge in [0.05, 0.1) is 6.42 Å².